The Hall–Kier alpha value is -1.88. The maximum absolute atomic E-state index is 11.1. The van der Waals surface area contributed by atoms with Crippen molar-refractivity contribution in [2.45, 2.75) is 33.2 Å². The number of carboxylic acids is 1. The van der Waals surface area contributed by atoms with Crippen molar-refractivity contribution in [3.8, 4) is 0 Å². The van der Waals surface area contributed by atoms with Gasteiger partial charge in [0.05, 0.1) is 16.6 Å². The molecule has 0 aliphatic carbocycles. The minimum absolute atomic E-state index is 0.0931. The molecule has 0 saturated heterocycles. The highest BCUT2D eigenvalue weighted by Gasteiger charge is 2.17. The quantitative estimate of drug-likeness (QED) is 0.879. The molecule has 0 aliphatic heterocycles. The molecule has 0 spiro atoms. The highest BCUT2D eigenvalue weighted by atomic mass is 16.4. The summed E-state index contributed by atoms with van der Waals surface area (Å²) in [7, 11) is 0. The number of imidazole rings is 1. The van der Waals surface area contributed by atoms with Crippen LogP contribution in [0.2, 0.25) is 0 Å². The van der Waals surface area contributed by atoms with Gasteiger partial charge in [-0.25, -0.2) is 9.78 Å². The molecule has 0 bridgehead atoms. The maximum atomic E-state index is 11.1. The molecule has 0 fully saturated rings. The summed E-state index contributed by atoms with van der Waals surface area (Å²) in [6.07, 6.45) is 0. The highest BCUT2D eigenvalue weighted by molar-refractivity contribution is 5.92. The maximum Gasteiger partial charge on any atom is 0.335 e. The number of aromatic carboxylic acids is 1. The minimum Gasteiger partial charge on any atom is -0.478 e. The third-order valence-corrected chi connectivity index (χ3v) is 3.35. The molecule has 1 aromatic carbocycles. The molecular weight excluding hydrogens is 256 g/mol. The average molecular weight is 276 g/mol. The average Bonchev–Trinajstić information content (AvgIpc) is 2.76. The SMILES string of the molecule is CC(CO)Cn1c(C(C)C)nc2ccc(C(=O)O)cc21. The van der Waals surface area contributed by atoms with Crippen LogP contribution in [0.25, 0.3) is 11.0 Å². The van der Waals surface area contributed by atoms with Crippen molar-refractivity contribution in [1.29, 1.82) is 0 Å². The van der Waals surface area contributed by atoms with Crippen LogP contribution in [0.3, 0.4) is 0 Å². The normalized spacial score (nSPS) is 13.1. The van der Waals surface area contributed by atoms with Gasteiger partial charge < -0.3 is 14.8 Å². The van der Waals surface area contributed by atoms with Gasteiger partial charge in [-0.3, -0.25) is 0 Å². The Balaban J connectivity index is 2.61. The summed E-state index contributed by atoms with van der Waals surface area (Å²) in [5.41, 5.74) is 1.86. The number of carboxylic acid groups (broad SMARTS) is 1. The highest BCUT2D eigenvalue weighted by Crippen LogP contribution is 2.24. The van der Waals surface area contributed by atoms with Gasteiger partial charge in [0.2, 0.25) is 0 Å². The Morgan fingerprint density at radius 2 is 2.05 bits per heavy atom. The number of nitrogens with zero attached hydrogens (tertiary/aromatic N) is 2. The second-order valence-electron chi connectivity index (χ2n) is 5.53. The van der Waals surface area contributed by atoms with Crippen LogP contribution in [0.1, 0.15) is 42.9 Å². The third kappa shape index (κ3) is 2.67. The van der Waals surface area contributed by atoms with E-state index in [-0.39, 0.29) is 24.0 Å². The molecule has 2 N–H and O–H groups in total. The fourth-order valence-electron chi connectivity index (χ4n) is 2.28. The predicted octanol–water partition coefficient (Wildman–Crippen LogP) is 2.49. The summed E-state index contributed by atoms with van der Waals surface area (Å²) < 4.78 is 2.02. The van der Waals surface area contributed by atoms with E-state index in [1.54, 1.807) is 18.2 Å². The summed E-state index contributed by atoms with van der Waals surface area (Å²) in [6, 6.07) is 4.97. The van der Waals surface area contributed by atoms with E-state index in [0.29, 0.717) is 6.54 Å². The Labute approximate surface area is 117 Å². The van der Waals surface area contributed by atoms with E-state index in [4.69, 9.17) is 5.11 Å². The van der Waals surface area contributed by atoms with Gasteiger partial charge in [-0.2, -0.15) is 0 Å². The number of hydrogen-bond acceptors (Lipinski definition) is 3. The van der Waals surface area contributed by atoms with E-state index in [2.05, 4.69) is 18.8 Å². The second-order valence-corrected chi connectivity index (χ2v) is 5.53. The van der Waals surface area contributed by atoms with Crippen molar-refractivity contribution in [3.63, 3.8) is 0 Å². The molecule has 1 aromatic heterocycles. The first-order valence-electron chi connectivity index (χ1n) is 6.78. The number of aliphatic hydroxyl groups excluding tert-OH is 1. The van der Waals surface area contributed by atoms with E-state index >= 15 is 0 Å². The molecule has 1 atom stereocenters. The molecule has 2 rings (SSSR count). The Morgan fingerprint density at radius 1 is 1.35 bits per heavy atom. The summed E-state index contributed by atoms with van der Waals surface area (Å²) in [5.74, 6) is 0.309. The molecule has 1 heterocycles. The van der Waals surface area contributed by atoms with Crippen LogP contribution in [-0.2, 0) is 6.54 Å². The number of fused-ring (bicyclic) bond motifs is 1. The van der Waals surface area contributed by atoms with E-state index in [0.717, 1.165) is 16.9 Å². The van der Waals surface area contributed by atoms with Gasteiger partial charge in [-0.15, -0.1) is 0 Å². The van der Waals surface area contributed by atoms with E-state index in [1.807, 2.05) is 11.5 Å². The first-order valence-corrected chi connectivity index (χ1v) is 6.78. The van der Waals surface area contributed by atoms with Gasteiger partial charge in [0, 0.05) is 19.1 Å². The van der Waals surface area contributed by atoms with E-state index in [1.165, 1.54) is 0 Å². The molecule has 0 amide bonds. The van der Waals surface area contributed by atoms with Gasteiger partial charge in [-0.05, 0) is 24.1 Å². The molecule has 108 valence electrons. The van der Waals surface area contributed by atoms with Crippen molar-refractivity contribution in [2.24, 2.45) is 5.92 Å². The molecule has 0 radical (unpaired) electrons. The lowest BCUT2D eigenvalue weighted by molar-refractivity contribution is 0.0697. The largest absolute Gasteiger partial charge is 0.478 e. The minimum atomic E-state index is -0.944. The molecule has 5 nitrogen and oxygen atoms in total. The number of benzene rings is 1. The smallest absolute Gasteiger partial charge is 0.335 e. The van der Waals surface area contributed by atoms with Crippen LogP contribution in [-0.4, -0.2) is 32.3 Å². The van der Waals surface area contributed by atoms with E-state index < -0.39 is 5.97 Å². The molecule has 1 unspecified atom stereocenters. The first kappa shape index (κ1) is 14.5. The van der Waals surface area contributed by atoms with Crippen molar-refractivity contribution in [2.75, 3.05) is 6.61 Å². The molecule has 20 heavy (non-hydrogen) atoms. The number of carbonyl (C=O) groups is 1. The predicted molar refractivity (Wildman–Crippen MR) is 77.0 cm³/mol. The van der Waals surface area contributed by atoms with Crippen LogP contribution >= 0.6 is 0 Å². The lowest BCUT2D eigenvalue weighted by atomic mass is 10.1. The lowest BCUT2D eigenvalue weighted by Crippen LogP contribution is -2.14. The lowest BCUT2D eigenvalue weighted by Gasteiger charge is -2.15. The summed E-state index contributed by atoms with van der Waals surface area (Å²) in [4.78, 5) is 15.7. The summed E-state index contributed by atoms with van der Waals surface area (Å²) in [5, 5.41) is 18.4. The Bertz CT molecular complexity index is 631. The van der Waals surface area contributed by atoms with Crippen molar-refractivity contribution >= 4 is 17.0 Å². The zero-order chi connectivity index (χ0) is 14.9. The Kier molecular flexibility index (Phi) is 4.09. The van der Waals surface area contributed by atoms with Gasteiger partial charge >= 0.3 is 5.97 Å². The van der Waals surface area contributed by atoms with Crippen molar-refractivity contribution in [1.82, 2.24) is 9.55 Å². The van der Waals surface area contributed by atoms with E-state index in [9.17, 15) is 9.90 Å². The standard InChI is InChI=1S/C15H20N2O3/c1-9(2)14-16-12-5-4-11(15(19)20)6-13(12)17(14)7-10(3)8-18/h4-6,9-10,18H,7-8H2,1-3H3,(H,19,20). The molecule has 2 aromatic rings. The van der Waals surface area contributed by atoms with Crippen LogP contribution in [0.4, 0.5) is 0 Å². The topological polar surface area (TPSA) is 75.3 Å². The second kappa shape index (κ2) is 5.63. The number of rotatable bonds is 5. The first-order chi connectivity index (χ1) is 9.43. The fraction of sp³-hybridized carbons (Fsp3) is 0.467. The van der Waals surface area contributed by atoms with Crippen LogP contribution < -0.4 is 0 Å². The zero-order valence-corrected chi connectivity index (χ0v) is 12.0. The third-order valence-electron chi connectivity index (χ3n) is 3.35. The molecule has 5 heteroatoms. The monoisotopic (exact) mass is 276 g/mol. The van der Waals surface area contributed by atoms with Gasteiger partial charge in [-0.1, -0.05) is 20.8 Å². The molecule has 0 aliphatic rings. The zero-order valence-electron chi connectivity index (χ0n) is 12.0. The Morgan fingerprint density at radius 3 is 2.60 bits per heavy atom. The summed E-state index contributed by atoms with van der Waals surface area (Å²) in [6.45, 7) is 6.79. The summed E-state index contributed by atoms with van der Waals surface area (Å²) >= 11 is 0. The number of hydrogen-bond donors (Lipinski definition) is 2. The van der Waals surface area contributed by atoms with Crippen LogP contribution in [0, 0.1) is 5.92 Å². The molecule has 0 saturated carbocycles. The fourth-order valence-corrected chi connectivity index (χ4v) is 2.28. The number of aromatic nitrogens is 2. The van der Waals surface area contributed by atoms with Crippen molar-refractivity contribution in [3.05, 3.63) is 29.6 Å². The van der Waals surface area contributed by atoms with Gasteiger partial charge in [0.1, 0.15) is 5.82 Å². The number of aliphatic hydroxyl groups is 1. The van der Waals surface area contributed by atoms with Crippen LogP contribution in [0.5, 0.6) is 0 Å². The molecular formula is C15H20N2O3. The van der Waals surface area contributed by atoms with Crippen LogP contribution in [0.15, 0.2) is 18.2 Å². The van der Waals surface area contributed by atoms with Gasteiger partial charge in [0.15, 0.2) is 0 Å². The van der Waals surface area contributed by atoms with Gasteiger partial charge in [0.25, 0.3) is 0 Å². The van der Waals surface area contributed by atoms with Crippen molar-refractivity contribution < 1.29 is 15.0 Å².